The molecular formula is C18H18FNO4S. The molecule has 0 unspecified atom stereocenters. The summed E-state index contributed by atoms with van der Waals surface area (Å²) in [6.45, 7) is 1.05. The van der Waals surface area contributed by atoms with Gasteiger partial charge < -0.3 is 9.47 Å². The Hall–Kier alpha value is -2.12. The molecule has 0 aromatic heterocycles. The monoisotopic (exact) mass is 363 g/mol. The Morgan fingerprint density at radius 1 is 1.12 bits per heavy atom. The van der Waals surface area contributed by atoms with E-state index in [1.165, 1.54) is 6.07 Å². The van der Waals surface area contributed by atoms with Crippen LogP contribution in [-0.2, 0) is 29.3 Å². The molecule has 0 saturated carbocycles. The third-order valence-corrected chi connectivity index (χ3v) is 6.07. The SMILES string of the molecule is O=S(=O)(NCCc1ccccc1F)c1c2c(cc3c1OCC3)OCC2. The van der Waals surface area contributed by atoms with Crippen LogP contribution in [0.2, 0.25) is 0 Å². The van der Waals surface area contributed by atoms with E-state index in [9.17, 15) is 12.8 Å². The molecular weight excluding hydrogens is 345 g/mol. The van der Waals surface area contributed by atoms with Crippen LogP contribution >= 0.6 is 0 Å². The Kier molecular flexibility index (Phi) is 4.13. The van der Waals surface area contributed by atoms with Gasteiger partial charge in [0.25, 0.3) is 0 Å². The van der Waals surface area contributed by atoms with Crippen molar-refractivity contribution in [2.75, 3.05) is 19.8 Å². The molecule has 2 aliphatic heterocycles. The fraction of sp³-hybridized carbons (Fsp3) is 0.333. The van der Waals surface area contributed by atoms with Crippen molar-refractivity contribution in [3.05, 3.63) is 52.8 Å². The van der Waals surface area contributed by atoms with Crippen molar-refractivity contribution in [2.24, 2.45) is 0 Å². The van der Waals surface area contributed by atoms with Gasteiger partial charge in [-0.25, -0.2) is 17.5 Å². The zero-order chi connectivity index (χ0) is 17.4. The van der Waals surface area contributed by atoms with Crippen LogP contribution in [0.3, 0.4) is 0 Å². The fourth-order valence-corrected chi connectivity index (χ4v) is 4.80. The third-order valence-electron chi connectivity index (χ3n) is 4.52. The number of ether oxygens (including phenoxy) is 2. The van der Waals surface area contributed by atoms with Crippen molar-refractivity contribution in [3.8, 4) is 11.5 Å². The highest BCUT2D eigenvalue weighted by atomic mass is 32.2. The number of nitrogens with one attached hydrogen (secondary N) is 1. The third kappa shape index (κ3) is 2.98. The Morgan fingerprint density at radius 3 is 2.76 bits per heavy atom. The summed E-state index contributed by atoms with van der Waals surface area (Å²) in [6, 6.07) is 8.24. The lowest BCUT2D eigenvalue weighted by molar-refractivity contribution is 0.347. The molecule has 7 heteroatoms. The Labute approximate surface area is 145 Å². The Balaban J connectivity index is 1.60. The number of benzene rings is 2. The van der Waals surface area contributed by atoms with Crippen LogP contribution in [0.25, 0.3) is 0 Å². The molecule has 5 nitrogen and oxygen atoms in total. The average Bonchev–Trinajstić information content (AvgIpc) is 3.22. The van der Waals surface area contributed by atoms with Gasteiger partial charge in [0.2, 0.25) is 10.0 Å². The first kappa shape index (κ1) is 16.4. The number of sulfonamides is 1. The van der Waals surface area contributed by atoms with Crippen molar-refractivity contribution in [3.63, 3.8) is 0 Å². The summed E-state index contributed by atoms with van der Waals surface area (Å²) in [7, 11) is -3.77. The van der Waals surface area contributed by atoms with E-state index in [2.05, 4.69) is 4.72 Å². The maximum absolute atomic E-state index is 13.7. The van der Waals surface area contributed by atoms with E-state index in [-0.39, 0.29) is 23.7 Å². The van der Waals surface area contributed by atoms with E-state index < -0.39 is 10.0 Å². The molecule has 0 radical (unpaired) electrons. The molecule has 0 spiro atoms. The molecule has 0 aliphatic carbocycles. The molecule has 2 heterocycles. The first-order valence-electron chi connectivity index (χ1n) is 8.24. The lowest BCUT2D eigenvalue weighted by Crippen LogP contribution is -2.27. The summed E-state index contributed by atoms with van der Waals surface area (Å²) in [5.41, 5.74) is 2.00. The molecule has 2 aromatic rings. The van der Waals surface area contributed by atoms with Crippen molar-refractivity contribution < 1.29 is 22.3 Å². The van der Waals surface area contributed by atoms with Gasteiger partial charge in [0.05, 0.1) is 13.2 Å². The van der Waals surface area contributed by atoms with Gasteiger partial charge in [-0.2, -0.15) is 0 Å². The average molecular weight is 363 g/mol. The zero-order valence-corrected chi connectivity index (χ0v) is 14.4. The van der Waals surface area contributed by atoms with E-state index in [0.717, 1.165) is 5.56 Å². The minimum Gasteiger partial charge on any atom is -0.493 e. The largest absolute Gasteiger partial charge is 0.493 e. The van der Waals surface area contributed by atoms with Crippen LogP contribution in [0, 0.1) is 5.82 Å². The molecule has 2 aliphatic rings. The predicted molar refractivity (Wildman–Crippen MR) is 90.1 cm³/mol. The molecule has 0 atom stereocenters. The highest BCUT2D eigenvalue weighted by Crippen LogP contribution is 2.42. The number of halogens is 1. The van der Waals surface area contributed by atoms with Crippen LogP contribution in [-0.4, -0.2) is 28.2 Å². The second kappa shape index (κ2) is 6.31. The second-order valence-corrected chi connectivity index (χ2v) is 7.81. The van der Waals surface area contributed by atoms with Crippen LogP contribution in [0.1, 0.15) is 16.7 Å². The predicted octanol–water partition coefficient (Wildman–Crippen LogP) is 2.22. The molecule has 0 fully saturated rings. The van der Waals surface area contributed by atoms with E-state index in [0.29, 0.717) is 48.7 Å². The molecule has 0 saturated heterocycles. The van der Waals surface area contributed by atoms with Gasteiger partial charge in [-0.15, -0.1) is 0 Å². The maximum Gasteiger partial charge on any atom is 0.244 e. The smallest absolute Gasteiger partial charge is 0.244 e. The van der Waals surface area contributed by atoms with Crippen molar-refractivity contribution >= 4 is 10.0 Å². The highest BCUT2D eigenvalue weighted by molar-refractivity contribution is 7.89. The lowest BCUT2D eigenvalue weighted by Gasteiger charge is -2.14. The van der Waals surface area contributed by atoms with Gasteiger partial charge in [0.15, 0.2) is 0 Å². The lowest BCUT2D eigenvalue weighted by atomic mass is 10.1. The van der Waals surface area contributed by atoms with Crippen LogP contribution in [0.4, 0.5) is 4.39 Å². The summed E-state index contributed by atoms with van der Waals surface area (Å²) in [6.07, 6.45) is 1.49. The fourth-order valence-electron chi connectivity index (χ4n) is 3.32. The zero-order valence-electron chi connectivity index (χ0n) is 13.5. The van der Waals surface area contributed by atoms with Gasteiger partial charge in [0.1, 0.15) is 22.2 Å². The standard InChI is InChI=1S/C18H18FNO4S/c19-15-4-2-1-3-12(15)5-8-20-25(21,22)18-14-7-10-23-16(14)11-13-6-9-24-17(13)18/h1-4,11,20H,5-10H2. The molecule has 2 aromatic carbocycles. The van der Waals surface area contributed by atoms with Gasteiger partial charge in [0, 0.05) is 30.5 Å². The van der Waals surface area contributed by atoms with Crippen LogP contribution in [0.15, 0.2) is 35.2 Å². The van der Waals surface area contributed by atoms with Gasteiger partial charge in [-0.3, -0.25) is 0 Å². The number of rotatable bonds is 5. The molecule has 0 bridgehead atoms. The summed E-state index contributed by atoms with van der Waals surface area (Å²) in [5.74, 6) is 0.723. The van der Waals surface area contributed by atoms with E-state index in [4.69, 9.17) is 9.47 Å². The highest BCUT2D eigenvalue weighted by Gasteiger charge is 2.33. The van der Waals surface area contributed by atoms with E-state index in [1.54, 1.807) is 18.2 Å². The first-order valence-corrected chi connectivity index (χ1v) is 9.72. The Morgan fingerprint density at radius 2 is 1.92 bits per heavy atom. The summed E-state index contributed by atoms with van der Waals surface area (Å²) < 4.78 is 53.2. The normalized spacial score (nSPS) is 15.4. The second-order valence-electron chi connectivity index (χ2n) is 6.11. The summed E-state index contributed by atoms with van der Waals surface area (Å²) in [4.78, 5) is 0.184. The number of hydrogen-bond donors (Lipinski definition) is 1. The molecule has 1 N–H and O–H groups in total. The molecule has 4 rings (SSSR count). The van der Waals surface area contributed by atoms with Gasteiger partial charge in [-0.1, -0.05) is 18.2 Å². The van der Waals surface area contributed by atoms with Crippen molar-refractivity contribution in [2.45, 2.75) is 24.2 Å². The number of fused-ring (bicyclic) bond motifs is 2. The van der Waals surface area contributed by atoms with Gasteiger partial charge in [-0.05, 0) is 24.1 Å². The van der Waals surface area contributed by atoms with Crippen molar-refractivity contribution in [1.29, 1.82) is 0 Å². The van der Waals surface area contributed by atoms with E-state index >= 15 is 0 Å². The Bertz CT molecular complexity index is 895. The summed E-state index contributed by atoms with van der Waals surface area (Å²) >= 11 is 0. The topological polar surface area (TPSA) is 64.6 Å². The minimum absolute atomic E-state index is 0.114. The van der Waals surface area contributed by atoms with Crippen molar-refractivity contribution in [1.82, 2.24) is 4.72 Å². The van der Waals surface area contributed by atoms with Crippen LogP contribution < -0.4 is 14.2 Å². The quantitative estimate of drug-likeness (QED) is 0.885. The number of hydrogen-bond acceptors (Lipinski definition) is 4. The summed E-state index contributed by atoms with van der Waals surface area (Å²) in [5, 5.41) is 0. The van der Waals surface area contributed by atoms with E-state index in [1.807, 2.05) is 6.07 Å². The maximum atomic E-state index is 13.7. The molecule has 0 amide bonds. The molecule has 25 heavy (non-hydrogen) atoms. The molecule has 132 valence electrons. The van der Waals surface area contributed by atoms with Gasteiger partial charge >= 0.3 is 0 Å². The van der Waals surface area contributed by atoms with Crippen LogP contribution in [0.5, 0.6) is 11.5 Å². The first-order chi connectivity index (χ1) is 12.1. The minimum atomic E-state index is -3.77.